The number of aryl methyl sites for hydroxylation is 3. The van der Waals surface area contributed by atoms with E-state index in [9.17, 15) is 0 Å². The second-order valence-corrected chi connectivity index (χ2v) is 23.6. The van der Waals surface area contributed by atoms with Crippen LogP contribution in [0, 0.1) is 20.8 Å². The van der Waals surface area contributed by atoms with Crippen LogP contribution in [0.25, 0.3) is 10.1 Å². The minimum absolute atomic E-state index is 0.00755. The van der Waals surface area contributed by atoms with Gasteiger partial charge in [0.15, 0.2) is 0 Å². The van der Waals surface area contributed by atoms with Crippen molar-refractivity contribution in [3.05, 3.63) is 123 Å². The van der Waals surface area contributed by atoms with Crippen LogP contribution >= 0.6 is 11.3 Å². The summed E-state index contributed by atoms with van der Waals surface area (Å²) in [6.07, 6.45) is 4.77. The second-order valence-electron chi connectivity index (χ2n) is 22.6. The molecule has 4 aliphatic rings. The number of rotatable bonds is 2. The summed E-state index contributed by atoms with van der Waals surface area (Å²) >= 11 is 1.97. The van der Waals surface area contributed by atoms with Gasteiger partial charge in [-0.05, 0) is 171 Å². The summed E-state index contributed by atoms with van der Waals surface area (Å²) in [4.78, 5) is 5.42. The Morgan fingerprint density at radius 2 is 1.15 bits per heavy atom. The van der Waals surface area contributed by atoms with E-state index in [-0.39, 0.29) is 33.8 Å². The normalized spacial score (nSPS) is 19.2. The zero-order chi connectivity index (χ0) is 41.9. The lowest BCUT2D eigenvalue weighted by molar-refractivity contribution is 0.331. The molecule has 0 atom stereocenters. The summed E-state index contributed by atoms with van der Waals surface area (Å²) < 4.78 is 1.36. The van der Waals surface area contributed by atoms with Crippen LogP contribution in [0.5, 0.6) is 0 Å². The topological polar surface area (TPSA) is 6.48 Å². The van der Waals surface area contributed by atoms with Gasteiger partial charge in [0.1, 0.15) is 0 Å². The Balaban J connectivity index is 1.36. The number of hydrogen-bond acceptors (Lipinski definition) is 3. The molecule has 0 unspecified atom stereocenters. The second kappa shape index (κ2) is 12.4. The van der Waals surface area contributed by atoms with E-state index >= 15 is 0 Å². The molecule has 4 heteroatoms. The fourth-order valence-corrected chi connectivity index (χ4v) is 12.8. The van der Waals surface area contributed by atoms with Crippen LogP contribution in [-0.2, 0) is 27.1 Å². The van der Waals surface area contributed by atoms with Crippen LogP contribution in [0.1, 0.15) is 146 Å². The lowest BCUT2D eigenvalue weighted by Crippen LogP contribution is -2.61. The van der Waals surface area contributed by atoms with E-state index < -0.39 is 0 Å². The molecule has 3 heterocycles. The lowest BCUT2D eigenvalue weighted by Gasteiger charge is -2.50. The molecule has 2 nitrogen and oxygen atoms in total. The van der Waals surface area contributed by atoms with Crippen LogP contribution in [0.4, 0.5) is 33.4 Å². The molecular formula is C55H63BN2S. The average Bonchev–Trinajstić information content (AvgIpc) is 3.52. The van der Waals surface area contributed by atoms with Gasteiger partial charge in [0.2, 0.25) is 0 Å². The monoisotopic (exact) mass is 794 g/mol. The van der Waals surface area contributed by atoms with Crippen LogP contribution < -0.4 is 26.2 Å². The van der Waals surface area contributed by atoms with E-state index in [4.69, 9.17) is 0 Å². The molecule has 0 fully saturated rings. The van der Waals surface area contributed by atoms with Crippen molar-refractivity contribution in [1.29, 1.82) is 0 Å². The van der Waals surface area contributed by atoms with Gasteiger partial charge in [-0.3, -0.25) is 0 Å². The first-order valence-corrected chi connectivity index (χ1v) is 23.1. The minimum Gasteiger partial charge on any atom is -0.311 e. The van der Waals surface area contributed by atoms with Crippen molar-refractivity contribution in [3.63, 3.8) is 0 Å². The third-order valence-electron chi connectivity index (χ3n) is 15.3. The maximum atomic E-state index is 2.79. The molecule has 0 radical (unpaired) electrons. The highest BCUT2D eigenvalue weighted by atomic mass is 32.1. The molecule has 59 heavy (non-hydrogen) atoms. The molecule has 0 amide bonds. The number of nitrogens with zero attached hydrogens (tertiary/aromatic N) is 2. The van der Waals surface area contributed by atoms with Crippen LogP contribution in [0.15, 0.2) is 78.9 Å². The molecule has 10 rings (SSSR count). The first-order chi connectivity index (χ1) is 27.6. The van der Waals surface area contributed by atoms with E-state index in [1.807, 2.05) is 11.3 Å². The summed E-state index contributed by atoms with van der Waals surface area (Å²) in [6.45, 7) is 33.9. The lowest BCUT2D eigenvalue weighted by atomic mass is 9.33. The molecule has 1 aromatic heterocycles. The van der Waals surface area contributed by atoms with Crippen molar-refractivity contribution in [2.24, 2.45) is 0 Å². The highest BCUT2D eigenvalue weighted by molar-refractivity contribution is 7.26. The highest BCUT2D eigenvalue weighted by Crippen LogP contribution is 2.56. The summed E-state index contributed by atoms with van der Waals surface area (Å²) in [5.41, 5.74) is 22.9. The van der Waals surface area contributed by atoms with Gasteiger partial charge in [-0.1, -0.05) is 124 Å². The van der Waals surface area contributed by atoms with Crippen molar-refractivity contribution < 1.29 is 0 Å². The fourth-order valence-electron chi connectivity index (χ4n) is 11.6. The molecule has 2 aliphatic carbocycles. The summed E-state index contributed by atoms with van der Waals surface area (Å²) in [5.74, 6) is 0. The van der Waals surface area contributed by atoms with Crippen LogP contribution in [-0.4, -0.2) is 6.71 Å². The summed E-state index contributed by atoms with van der Waals surface area (Å²) in [5, 5.41) is 2.75. The quantitative estimate of drug-likeness (QED) is 0.161. The number of anilines is 6. The molecule has 0 saturated carbocycles. The fraction of sp³-hybridized carbons (Fsp3) is 0.418. The predicted octanol–water partition coefficient (Wildman–Crippen LogP) is 13.9. The van der Waals surface area contributed by atoms with E-state index in [1.54, 1.807) is 5.56 Å². The van der Waals surface area contributed by atoms with Crippen molar-refractivity contribution in [2.75, 3.05) is 9.80 Å². The molecule has 6 aromatic rings. The standard InChI is InChI=1S/C55H63BN2S/c1-32-15-22-45-37(27-32)47-50(59-45)57(36-18-16-35(17-19-36)51(4,5)6)43-28-33(2)29-44-48(43)56(47)41-21-20-38-46(55(13,14)26-25-52(38,7)8)49(41)58(44)42-31-40-39(30-34(42)3)53(9,10)23-24-54(40,11)12/h15-22,27-31H,23-26H2,1-14H3. The maximum absolute atomic E-state index is 2.79. The average molecular weight is 795 g/mol. The first kappa shape index (κ1) is 38.9. The van der Waals surface area contributed by atoms with Crippen molar-refractivity contribution in [3.8, 4) is 0 Å². The Morgan fingerprint density at radius 1 is 0.559 bits per heavy atom. The molecule has 2 aliphatic heterocycles. The van der Waals surface area contributed by atoms with E-state index in [2.05, 4.69) is 186 Å². The van der Waals surface area contributed by atoms with Gasteiger partial charge in [-0.15, -0.1) is 11.3 Å². The Morgan fingerprint density at radius 3 is 1.80 bits per heavy atom. The van der Waals surface area contributed by atoms with Crippen LogP contribution in [0.3, 0.4) is 0 Å². The van der Waals surface area contributed by atoms with Gasteiger partial charge in [0.25, 0.3) is 6.71 Å². The molecule has 0 N–H and O–H groups in total. The van der Waals surface area contributed by atoms with Crippen molar-refractivity contribution >= 4 is 78.0 Å². The smallest absolute Gasteiger partial charge is 0.254 e. The van der Waals surface area contributed by atoms with E-state index in [1.165, 1.54) is 125 Å². The molecule has 0 saturated heterocycles. The number of benzene rings is 5. The van der Waals surface area contributed by atoms with Gasteiger partial charge in [-0.25, -0.2) is 0 Å². The molecular weight excluding hydrogens is 731 g/mol. The SMILES string of the molecule is Cc1cc2c3c(c1)N(c1cc4c(cc1C)C(C)(C)CCC4(C)C)c1c(ccc4c1C(C)(C)CCC4(C)C)B3c1c(sc3ccc(C)cc13)N2c1ccc(C(C)(C)C)cc1. The zero-order valence-electron chi connectivity index (χ0n) is 38.2. The molecule has 0 bridgehead atoms. The number of fused-ring (bicyclic) bond motifs is 9. The minimum atomic E-state index is 0.00755. The van der Waals surface area contributed by atoms with Gasteiger partial charge in [-0.2, -0.15) is 0 Å². The largest absolute Gasteiger partial charge is 0.311 e. The third-order valence-corrected chi connectivity index (χ3v) is 16.5. The molecule has 302 valence electrons. The molecule has 0 spiro atoms. The van der Waals surface area contributed by atoms with E-state index in [0.29, 0.717) is 0 Å². The zero-order valence-corrected chi connectivity index (χ0v) is 39.0. The van der Waals surface area contributed by atoms with Gasteiger partial charge in [0, 0.05) is 33.1 Å². The highest BCUT2D eigenvalue weighted by Gasteiger charge is 2.50. The number of hydrogen-bond donors (Lipinski definition) is 0. The summed E-state index contributed by atoms with van der Waals surface area (Å²) in [6, 6.07) is 32.0. The Kier molecular flexibility index (Phi) is 8.18. The number of thiophene rings is 1. The van der Waals surface area contributed by atoms with Crippen molar-refractivity contribution in [1.82, 2.24) is 0 Å². The van der Waals surface area contributed by atoms with Gasteiger partial charge in [0.05, 0.1) is 5.00 Å². The Labute approximate surface area is 359 Å². The maximum Gasteiger partial charge on any atom is 0.254 e. The van der Waals surface area contributed by atoms with E-state index in [0.717, 1.165) is 0 Å². The Bertz CT molecular complexity index is 2750. The first-order valence-electron chi connectivity index (χ1n) is 22.3. The Hall–Kier alpha value is -4.28. The molecule has 5 aromatic carbocycles. The summed E-state index contributed by atoms with van der Waals surface area (Å²) in [7, 11) is 0. The van der Waals surface area contributed by atoms with Gasteiger partial charge >= 0.3 is 0 Å². The van der Waals surface area contributed by atoms with Gasteiger partial charge < -0.3 is 9.80 Å². The third kappa shape index (κ3) is 5.63. The van der Waals surface area contributed by atoms with Crippen molar-refractivity contribution in [2.45, 2.75) is 150 Å². The predicted molar refractivity (Wildman–Crippen MR) is 259 cm³/mol. The van der Waals surface area contributed by atoms with Crippen LogP contribution in [0.2, 0.25) is 0 Å².